The lowest BCUT2D eigenvalue weighted by molar-refractivity contribution is -0.142. The number of aryl methyl sites for hydroxylation is 1. The Balaban J connectivity index is 1.86. The Kier molecular flexibility index (Phi) is 9.71. The van der Waals surface area contributed by atoms with Crippen LogP contribution in [0.5, 0.6) is 5.75 Å². The molecule has 6 heteroatoms. The van der Waals surface area contributed by atoms with E-state index in [1.54, 1.807) is 4.90 Å². The highest BCUT2D eigenvalue weighted by atomic mass is 79.9. The lowest BCUT2D eigenvalue weighted by Crippen LogP contribution is -2.51. The van der Waals surface area contributed by atoms with Crippen molar-refractivity contribution >= 4 is 27.7 Å². The third-order valence-corrected chi connectivity index (χ3v) is 6.19. The van der Waals surface area contributed by atoms with Crippen molar-refractivity contribution in [3.05, 3.63) is 100 Å². The third kappa shape index (κ3) is 7.19. The summed E-state index contributed by atoms with van der Waals surface area (Å²) in [4.78, 5) is 28.3. The number of benzene rings is 3. The number of ether oxygens (including phenoxy) is 1. The van der Waals surface area contributed by atoms with Crippen LogP contribution in [0.3, 0.4) is 0 Å². The van der Waals surface area contributed by atoms with Crippen LogP contribution in [0.15, 0.2) is 83.3 Å². The Hall–Kier alpha value is -3.12. The van der Waals surface area contributed by atoms with Gasteiger partial charge in [-0.1, -0.05) is 73.7 Å². The molecule has 3 aromatic rings. The number of carbonyl (C=O) groups is 2. The first kappa shape index (κ1) is 25.5. The number of amides is 2. The molecule has 1 atom stereocenters. The van der Waals surface area contributed by atoms with E-state index < -0.39 is 6.04 Å². The van der Waals surface area contributed by atoms with Gasteiger partial charge in [0, 0.05) is 19.5 Å². The Bertz CT molecular complexity index is 1070. The Labute approximate surface area is 210 Å². The molecule has 0 fully saturated rings. The smallest absolute Gasteiger partial charge is 0.261 e. The summed E-state index contributed by atoms with van der Waals surface area (Å²) < 4.78 is 6.69. The number of rotatable bonds is 11. The van der Waals surface area contributed by atoms with Crippen LogP contribution in [0.1, 0.15) is 30.5 Å². The van der Waals surface area contributed by atoms with Crippen LogP contribution in [0.4, 0.5) is 0 Å². The minimum atomic E-state index is -0.662. The van der Waals surface area contributed by atoms with E-state index in [0.717, 1.165) is 22.0 Å². The van der Waals surface area contributed by atoms with Crippen molar-refractivity contribution in [1.29, 1.82) is 0 Å². The SMILES string of the molecule is CCNC(=O)C(Cc1ccccc1)N(Cc1ccccc1)C(=O)COc1ccc(CC)cc1Br. The second kappa shape index (κ2) is 12.9. The zero-order valence-electron chi connectivity index (χ0n) is 19.7. The second-order valence-corrected chi connectivity index (χ2v) is 8.87. The number of likely N-dealkylation sites (N-methyl/N-ethyl adjacent to an activating group) is 1. The van der Waals surface area contributed by atoms with Gasteiger partial charge in [-0.25, -0.2) is 0 Å². The highest BCUT2D eigenvalue weighted by Gasteiger charge is 2.30. The van der Waals surface area contributed by atoms with Gasteiger partial charge in [0.25, 0.3) is 5.91 Å². The molecular weight excluding hydrogens is 492 g/mol. The molecule has 3 aromatic carbocycles. The molecule has 5 nitrogen and oxygen atoms in total. The molecule has 0 aliphatic heterocycles. The zero-order chi connectivity index (χ0) is 24.3. The number of halogens is 1. The summed E-state index contributed by atoms with van der Waals surface area (Å²) in [7, 11) is 0. The average molecular weight is 523 g/mol. The van der Waals surface area contributed by atoms with E-state index in [2.05, 4.69) is 28.2 Å². The lowest BCUT2D eigenvalue weighted by atomic mass is 10.0. The van der Waals surface area contributed by atoms with Gasteiger partial charge in [0.1, 0.15) is 11.8 Å². The fraction of sp³-hybridized carbons (Fsp3) is 0.286. The molecule has 2 amide bonds. The van der Waals surface area contributed by atoms with Crippen molar-refractivity contribution in [2.45, 2.75) is 39.3 Å². The molecule has 34 heavy (non-hydrogen) atoms. The monoisotopic (exact) mass is 522 g/mol. The second-order valence-electron chi connectivity index (χ2n) is 8.01. The first-order valence-electron chi connectivity index (χ1n) is 11.6. The fourth-order valence-electron chi connectivity index (χ4n) is 3.73. The van der Waals surface area contributed by atoms with Crippen LogP contribution in [0.25, 0.3) is 0 Å². The highest BCUT2D eigenvalue weighted by molar-refractivity contribution is 9.10. The maximum Gasteiger partial charge on any atom is 0.261 e. The number of carbonyl (C=O) groups excluding carboxylic acids is 2. The van der Waals surface area contributed by atoms with Gasteiger partial charge in [-0.15, -0.1) is 0 Å². The Morgan fingerprint density at radius 3 is 2.15 bits per heavy atom. The largest absolute Gasteiger partial charge is 0.483 e. The van der Waals surface area contributed by atoms with E-state index in [0.29, 0.717) is 25.3 Å². The average Bonchev–Trinajstić information content (AvgIpc) is 2.86. The summed E-state index contributed by atoms with van der Waals surface area (Å²) in [5, 5.41) is 2.90. The highest BCUT2D eigenvalue weighted by Crippen LogP contribution is 2.26. The predicted molar refractivity (Wildman–Crippen MR) is 139 cm³/mol. The summed E-state index contributed by atoms with van der Waals surface area (Å²) in [5.41, 5.74) is 3.12. The molecule has 178 valence electrons. The third-order valence-electron chi connectivity index (χ3n) is 5.57. The molecule has 1 N–H and O–H groups in total. The van der Waals surface area contributed by atoms with Crippen LogP contribution >= 0.6 is 15.9 Å². The van der Waals surface area contributed by atoms with E-state index in [1.807, 2.05) is 85.8 Å². The predicted octanol–water partition coefficient (Wildman–Crippen LogP) is 5.17. The topological polar surface area (TPSA) is 58.6 Å². The van der Waals surface area contributed by atoms with Crippen LogP contribution in [-0.4, -0.2) is 35.9 Å². The molecule has 0 saturated carbocycles. The van der Waals surface area contributed by atoms with E-state index in [-0.39, 0.29) is 18.4 Å². The van der Waals surface area contributed by atoms with Crippen molar-refractivity contribution in [1.82, 2.24) is 10.2 Å². The Morgan fingerprint density at radius 1 is 0.912 bits per heavy atom. The summed E-state index contributed by atoms with van der Waals surface area (Å²) in [6, 6.07) is 24.6. The van der Waals surface area contributed by atoms with Gasteiger partial charge in [-0.3, -0.25) is 9.59 Å². The molecule has 0 spiro atoms. The lowest BCUT2D eigenvalue weighted by Gasteiger charge is -2.31. The van der Waals surface area contributed by atoms with Gasteiger partial charge in [-0.05, 0) is 58.1 Å². The van der Waals surface area contributed by atoms with E-state index in [4.69, 9.17) is 4.74 Å². The molecule has 0 bridgehead atoms. The van der Waals surface area contributed by atoms with Crippen molar-refractivity contribution in [3.63, 3.8) is 0 Å². The van der Waals surface area contributed by atoms with Crippen LogP contribution in [0, 0.1) is 0 Å². The first-order valence-corrected chi connectivity index (χ1v) is 12.4. The molecule has 3 rings (SSSR count). The molecule has 0 aliphatic rings. The minimum absolute atomic E-state index is 0.165. The standard InChI is InChI=1S/C28H31BrN2O3/c1-3-21-15-16-26(24(29)17-21)34-20-27(32)31(19-23-13-9-6-10-14-23)25(28(33)30-4-2)18-22-11-7-5-8-12-22/h5-17,25H,3-4,18-20H2,1-2H3,(H,30,33). The van der Waals surface area contributed by atoms with Crippen molar-refractivity contribution in [3.8, 4) is 5.75 Å². The van der Waals surface area contributed by atoms with E-state index in [1.165, 1.54) is 5.56 Å². The van der Waals surface area contributed by atoms with E-state index >= 15 is 0 Å². The van der Waals surface area contributed by atoms with Crippen molar-refractivity contribution < 1.29 is 14.3 Å². The quantitative estimate of drug-likeness (QED) is 0.378. The summed E-state index contributed by atoms with van der Waals surface area (Å²) in [5.74, 6) is 0.175. The molecule has 0 saturated heterocycles. The maximum absolute atomic E-state index is 13.5. The molecule has 0 radical (unpaired) electrons. The van der Waals surface area contributed by atoms with Gasteiger partial charge in [0.05, 0.1) is 4.47 Å². The summed E-state index contributed by atoms with van der Waals surface area (Å²) >= 11 is 3.53. The van der Waals surface area contributed by atoms with Crippen molar-refractivity contribution in [2.24, 2.45) is 0 Å². The minimum Gasteiger partial charge on any atom is -0.483 e. The summed E-state index contributed by atoms with van der Waals surface area (Å²) in [6.45, 7) is 4.60. The van der Waals surface area contributed by atoms with Gasteiger partial charge in [-0.2, -0.15) is 0 Å². The van der Waals surface area contributed by atoms with Crippen LogP contribution in [0.2, 0.25) is 0 Å². The van der Waals surface area contributed by atoms with Crippen molar-refractivity contribution in [2.75, 3.05) is 13.2 Å². The first-order chi connectivity index (χ1) is 16.5. The number of nitrogens with one attached hydrogen (secondary N) is 1. The Morgan fingerprint density at radius 2 is 1.56 bits per heavy atom. The van der Waals surface area contributed by atoms with E-state index in [9.17, 15) is 9.59 Å². The number of hydrogen-bond donors (Lipinski definition) is 1. The normalized spacial score (nSPS) is 11.5. The zero-order valence-corrected chi connectivity index (χ0v) is 21.3. The van der Waals surface area contributed by atoms with Crippen LogP contribution < -0.4 is 10.1 Å². The maximum atomic E-state index is 13.5. The fourth-order valence-corrected chi connectivity index (χ4v) is 4.27. The molecular formula is C28H31BrN2O3. The number of hydrogen-bond acceptors (Lipinski definition) is 3. The number of nitrogens with zero attached hydrogens (tertiary/aromatic N) is 1. The molecule has 0 heterocycles. The molecule has 0 aliphatic carbocycles. The molecule has 1 unspecified atom stereocenters. The van der Waals surface area contributed by atoms with Gasteiger partial charge < -0.3 is 15.0 Å². The van der Waals surface area contributed by atoms with Gasteiger partial charge in [0.15, 0.2) is 6.61 Å². The van der Waals surface area contributed by atoms with Crippen LogP contribution in [-0.2, 0) is 29.0 Å². The summed E-state index contributed by atoms with van der Waals surface area (Å²) in [6.07, 6.45) is 1.33. The van der Waals surface area contributed by atoms with Gasteiger partial charge >= 0.3 is 0 Å². The van der Waals surface area contributed by atoms with Gasteiger partial charge in [0.2, 0.25) is 5.91 Å². The molecule has 0 aromatic heterocycles.